The number of fused-ring (bicyclic) bond motifs is 2. The number of alkyl halides is 1. The molecule has 0 aromatic heterocycles. The van der Waals surface area contributed by atoms with E-state index in [0.29, 0.717) is 5.41 Å². The van der Waals surface area contributed by atoms with Gasteiger partial charge in [0.2, 0.25) is 0 Å². The molecule has 0 saturated heterocycles. The molecule has 0 amide bonds. The third kappa shape index (κ3) is 2.14. The average molecular weight is 328 g/mol. The largest absolute Gasteiger partial charge is 0.0922 e. The maximum atomic E-state index is 6.41. The Kier molecular flexibility index (Phi) is 3.49. The van der Waals surface area contributed by atoms with Gasteiger partial charge in [0.05, 0.1) is 0 Å². The lowest BCUT2D eigenvalue weighted by molar-refractivity contribution is 0.197. The minimum absolute atomic E-state index is 0.474. The summed E-state index contributed by atoms with van der Waals surface area (Å²) in [6.07, 6.45) is 6.89. The van der Waals surface area contributed by atoms with Crippen LogP contribution in [0.1, 0.15) is 36.8 Å². The van der Waals surface area contributed by atoms with Gasteiger partial charge in [-0.05, 0) is 67.1 Å². The van der Waals surface area contributed by atoms with E-state index in [-0.39, 0.29) is 0 Å². The van der Waals surface area contributed by atoms with Crippen molar-refractivity contribution in [1.29, 1.82) is 0 Å². The Morgan fingerprint density at radius 1 is 1.39 bits per heavy atom. The lowest BCUT2D eigenvalue weighted by Crippen LogP contribution is -2.32. The van der Waals surface area contributed by atoms with Gasteiger partial charge in [-0.1, -0.05) is 46.1 Å². The molecular weight excluding hydrogens is 308 g/mol. The summed E-state index contributed by atoms with van der Waals surface area (Å²) in [4.78, 5) is 0. The van der Waals surface area contributed by atoms with Crippen LogP contribution in [-0.4, -0.2) is 5.33 Å². The molecule has 2 aliphatic rings. The van der Waals surface area contributed by atoms with Gasteiger partial charge in [-0.25, -0.2) is 0 Å². The van der Waals surface area contributed by atoms with E-state index in [1.54, 1.807) is 0 Å². The van der Waals surface area contributed by atoms with Gasteiger partial charge in [-0.2, -0.15) is 0 Å². The lowest BCUT2D eigenvalue weighted by atomic mass is 9.71. The summed E-state index contributed by atoms with van der Waals surface area (Å²) in [6.45, 7) is 2.10. The minimum Gasteiger partial charge on any atom is -0.0922 e. The van der Waals surface area contributed by atoms with Crippen LogP contribution in [0.4, 0.5) is 0 Å². The summed E-state index contributed by atoms with van der Waals surface area (Å²) in [5.74, 6) is 1.90. The molecule has 2 aliphatic carbocycles. The molecule has 1 aromatic rings. The molecule has 0 aliphatic heterocycles. The first-order valence-corrected chi connectivity index (χ1v) is 8.44. The molecule has 3 rings (SSSR count). The molecule has 1 aromatic carbocycles. The number of hydrogen-bond donors (Lipinski definition) is 0. The van der Waals surface area contributed by atoms with Gasteiger partial charge in [-0.15, -0.1) is 0 Å². The van der Waals surface area contributed by atoms with E-state index in [1.165, 1.54) is 36.8 Å². The fraction of sp³-hybridized carbons (Fsp3) is 0.625. The standard InChI is InChI=1S/C16H20BrCl/c1-11-2-4-13(15(18)6-11)9-16(10-17)8-12-3-5-14(16)7-12/h2,4,6,12,14H,3,5,7-10H2,1H3. The number of halogens is 2. The van der Waals surface area contributed by atoms with Crippen molar-refractivity contribution in [3.63, 3.8) is 0 Å². The van der Waals surface area contributed by atoms with Crippen molar-refractivity contribution in [3.8, 4) is 0 Å². The van der Waals surface area contributed by atoms with Crippen molar-refractivity contribution >= 4 is 27.5 Å². The van der Waals surface area contributed by atoms with Crippen molar-refractivity contribution in [1.82, 2.24) is 0 Å². The zero-order chi connectivity index (χ0) is 12.8. The first-order chi connectivity index (χ1) is 8.63. The Labute approximate surface area is 123 Å². The SMILES string of the molecule is Cc1ccc(CC2(CBr)CC3CCC2C3)c(Cl)c1. The summed E-state index contributed by atoms with van der Waals surface area (Å²) >= 11 is 10.2. The fourth-order valence-electron chi connectivity index (χ4n) is 4.16. The Hall–Kier alpha value is -0.0100. The van der Waals surface area contributed by atoms with E-state index in [1.807, 2.05) is 0 Å². The van der Waals surface area contributed by atoms with Crippen LogP contribution in [0.2, 0.25) is 5.02 Å². The molecule has 2 saturated carbocycles. The normalized spacial score (nSPS) is 34.2. The van der Waals surface area contributed by atoms with E-state index >= 15 is 0 Å². The molecule has 18 heavy (non-hydrogen) atoms. The highest BCUT2D eigenvalue weighted by atomic mass is 79.9. The molecule has 3 atom stereocenters. The van der Waals surface area contributed by atoms with Crippen molar-refractivity contribution in [2.24, 2.45) is 17.3 Å². The van der Waals surface area contributed by atoms with Crippen molar-refractivity contribution in [3.05, 3.63) is 34.3 Å². The second-order valence-corrected chi connectivity index (χ2v) is 7.32. The van der Waals surface area contributed by atoms with E-state index in [2.05, 4.69) is 41.1 Å². The number of benzene rings is 1. The van der Waals surface area contributed by atoms with E-state index in [4.69, 9.17) is 11.6 Å². The molecule has 0 N–H and O–H groups in total. The molecule has 2 bridgehead atoms. The predicted molar refractivity (Wildman–Crippen MR) is 81.6 cm³/mol. The molecule has 3 unspecified atom stereocenters. The van der Waals surface area contributed by atoms with E-state index < -0.39 is 0 Å². The lowest BCUT2D eigenvalue weighted by Gasteiger charge is -2.36. The highest BCUT2D eigenvalue weighted by molar-refractivity contribution is 9.09. The third-order valence-electron chi connectivity index (χ3n) is 5.12. The molecule has 98 valence electrons. The zero-order valence-electron chi connectivity index (χ0n) is 10.9. The van der Waals surface area contributed by atoms with E-state index in [9.17, 15) is 0 Å². The van der Waals surface area contributed by atoms with Crippen LogP contribution >= 0.6 is 27.5 Å². The Morgan fingerprint density at radius 2 is 2.22 bits per heavy atom. The van der Waals surface area contributed by atoms with Gasteiger partial charge in [0.15, 0.2) is 0 Å². The van der Waals surface area contributed by atoms with Crippen LogP contribution in [0.3, 0.4) is 0 Å². The van der Waals surface area contributed by atoms with Crippen LogP contribution in [-0.2, 0) is 6.42 Å². The molecular formula is C16H20BrCl. The monoisotopic (exact) mass is 326 g/mol. The van der Waals surface area contributed by atoms with Gasteiger partial charge in [-0.3, -0.25) is 0 Å². The molecule has 2 heteroatoms. The summed E-state index contributed by atoms with van der Waals surface area (Å²) < 4.78 is 0. The van der Waals surface area contributed by atoms with Crippen LogP contribution in [0.15, 0.2) is 18.2 Å². The Balaban J connectivity index is 1.86. The van der Waals surface area contributed by atoms with Crippen LogP contribution in [0.5, 0.6) is 0 Å². The quantitative estimate of drug-likeness (QED) is 0.653. The molecule has 0 radical (unpaired) electrons. The van der Waals surface area contributed by atoms with Gasteiger partial charge >= 0.3 is 0 Å². The fourth-order valence-corrected chi connectivity index (χ4v) is 5.35. The first-order valence-electron chi connectivity index (χ1n) is 6.94. The molecule has 0 spiro atoms. The smallest absolute Gasteiger partial charge is 0.0440 e. The Bertz CT molecular complexity index is 456. The summed E-state index contributed by atoms with van der Waals surface area (Å²) in [5.41, 5.74) is 3.07. The van der Waals surface area contributed by atoms with Gasteiger partial charge < -0.3 is 0 Å². The zero-order valence-corrected chi connectivity index (χ0v) is 13.2. The first kappa shape index (κ1) is 13.0. The van der Waals surface area contributed by atoms with Crippen molar-refractivity contribution in [2.45, 2.75) is 39.0 Å². The maximum absolute atomic E-state index is 6.41. The van der Waals surface area contributed by atoms with E-state index in [0.717, 1.165) is 28.6 Å². The summed E-state index contributed by atoms with van der Waals surface area (Å²) in [7, 11) is 0. The summed E-state index contributed by atoms with van der Waals surface area (Å²) in [5, 5.41) is 2.09. The topological polar surface area (TPSA) is 0 Å². The predicted octanol–water partition coefficient (Wildman–Crippen LogP) is 5.39. The second-order valence-electron chi connectivity index (χ2n) is 6.35. The van der Waals surface area contributed by atoms with Gasteiger partial charge in [0, 0.05) is 10.4 Å². The van der Waals surface area contributed by atoms with Crippen molar-refractivity contribution < 1.29 is 0 Å². The highest BCUT2D eigenvalue weighted by Gasteiger charge is 2.50. The number of rotatable bonds is 3. The molecule has 2 fully saturated rings. The average Bonchev–Trinajstić information content (AvgIpc) is 2.93. The number of aryl methyl sites for hydroxylation is 1. The molecule has 0 nitrogen and oxygen atoms in total. The minimum atomic E-state index is 0.474. The van der Waals surface area contributed by atoms with Crippen LogP contribution in [0.25, 0.3) is 0 Å². The van der Waals surface area contributed by atoms with Crippen LogP contribution in [0, 0.1) is 24.2 Å². The Morgan fingerprint density at radius 3 is 2.78 bits per heavy atom. The second kappa shape index (κ2) is 4.83. The van der Waals surface area contributed by atoms with Gasteiger partial charge in [0.1, 0.15) is 0 Å². The van der Waals surface area contributed by atoms with Gasteiger partial charge in [0.25, 0.3) is 0 Å². The van der Waals surface area contributed by atoms with Crippen molar-refractivity contribution in [2.75, 3.05) is 5.33 Å². The third-order valence-corrected chi connectivity index (χ3v) is 6.59. The number of hydrogen-bond acceptors (Lipinski definition) is 0. The molecule has 0 heterocycles. The summed E-state index contributed by atoms with van der Waals surface area (Å²) in [6, 6.07) is 6.52. The van der Waals surface area contributed by atoms with Crippen LogP contribution < -0.4 is 0 Å². The highest BCUT2D eigenvalue weighted by Crippen LogP contribution is 2.58. The maximum Gasteiger partial charge on any atom is 0.0440 e.